The van der Waals surface area contributed by atoms with Gasteiger partial charge < -0.3 is 0 Å². The minimum atomic E-state index is 0.908. The van der Waals surface area contributed by atoms with E-state index in [2.05, 4.69) is 32.9 Å². The van der Waals surface area contributed by atoms with E-state index in [1.165, 1.54) is 44.9 Å². The number of unbranched alkanes of at least 4 members (excludes halogenated alkanes) is 1. The number of rotatable bonds is 5. The van der Waals surface area contributed by atoms with Gasteiger partial charge in [0.25, 0.3) is 0 Å². The quantitative estimate of drug-likeness (QED) is 0.545. The topological polar surface area (TPSA) is 0 Å². The predicted molar refractivity (Wildman–Crippen MR) is 69.0 cm³/mol. The SMILES string of the molecule is CCC/C=C\CC(C)C1CCC(C)CC1. The predicted octanol–water partition coefficient (Wildman–Crippen LogP) is 5.20. The lowest BCUT2D eigenvalue weighted by molar-refractivity contribution is 0.224. The highest BCUT2D eigenvalue weighted by Gasteiger charge is 2.22. The van der Waals surface area contributed by atoms with Crippen LogP contribution in [0.4, 0.5) is 0 Å². The first-order valence-electron chi connectivity index (χ1n) is 6.89. The fraction of sp³-hybridized carbons (Fsp3) is 0.867. The van der Waals surface area contributed by atoms with Crippen LogP contribution in [0, 0.1) is 17.8 Å². The van der Waals surface area contributed by atoms with Crippen molar-refractivity contribution in [1.82, 2.24) is 0 Å². The second-order valence-corrected chi connectivity index (χ2v) is 5.49. The van der Waals surface area contributed by atoms with Crippen LogP contribution in [-0.4, -0.2) is 0 Å². The molecule has 0 aromatic heterocycles. The maximum atomic E-state index is 2.44. The number of allylic oxidation sites excluding steroid dienone is 2. The van der Waals surface area contributed by atoms with Crippen molar-refractivity contribution in [2.75, 3.05) is 0 Å². The smallest absolute Gasteiger partial charge is 0.0322 e. The van der Waals surface area contributed by atoms with Crippen LogP contribution in [0.3, 0.4) is 0 Å². The molecule has 0 radical (unpaired) electrons. The molecule has 1 saturated carbocycles. The molecule has 0 N–H and O–H groups in total. The molecule has 0 aliphatic heterocycles. The van der Waals surface area contributed by atoms with E-state index >= 15 is 0 Å². The molecule has 1 unspecified atom stereocenters. The fourth-order valence-electron chi connectivity index (χ4n) is 2.64. The van der Waals surface area contributed by atoms with Gasteiger partial charge in [-0.1, -0.05) is 52.2 Å². The van der Waals surface area contributed by atoms with Crippen LogP contribution >= 0.6 is 0 Å². The molecule has 1 fully saturated rings. The summed E-state index contributed by atoms with van der Waals surface area (Å²) in [6.07, 6.45) is 14.5. The minimum Gasteiger partial charge on any atom is -0.0885 e. The Morgan fingerprint density at radius 1 is 1.13 bits per heavy atom. The van der Waals surface area contributed by atoms with Crippen LogP contribution in [0.1, 0.15) is 65.7 Å². The van der Waals surface area contributed by atoms with E-state index in [9.17, 15) is 0 Å². The van der Waals surface area contributed by atoms with Gasteiger partial charge in [0.2, 0.25) is 0 Å². The van der Waals surface area contributed by atoms with Crippen molar-refractivity contribution < 1.29 is 0 Å². The molecule has 0 aromatic rings. The van der Waals surface area contributed by atoms with Crippen molar-refractivity contribution >= 4 is 0 Å². The molecule has 1 rings (SSSR count). The molecule has 0 heterocycles. The summed E-state index contributed by atoms with van der Waals surface area (Å²) in [7, 11) is 0. The number of hydrogen-bond donors (Lipinski definition) is 0. The van der Waals surface area contributed by atoms with Gasteiger partial charge >= 0.3 is 0 Å². The van der Waals surface area contributed by atoms with Gasteiger partial charge in [0.1, 0.15) is 0 Å². The largest absolute Gasteiger partial charge is 0.0885 e. The third kappa shape index (κ3) is 4.86. The third-order valence-corrected chi connectivity index (χ3v) is 4.00. The van der Waals surface area contributed by atoms with Crippen LogP contribution in [0.25, 0.3) is 0 Å². The monoisotopic (exact) mass is 208 g/mol. The maximum absolute atomic E-state index is 2.44. The van der Waals surface area contributed by atoms with Gasteiger partial charge in [0.15, 0.2) is 0 Å². The van der Waals surface area contributed by atoms with E-state index in [1.807, 2.05) is 0 Å². The van der Waals surface area contributed by atoms with E-state index in [0.29, 0.717) is 0 Å². The first kappa shape index (κ1) is 12.8. The molecule has 15 heavy (non-hydrogen) atoms. The zero-order chi connectivity index (χ0) is 11.1. The fourth-order valence-corrected chi connectivity index (χ4v) is 2.64. The van der Waals surface area contributed by atoms with Gasteiger partial charge in [-0.3, -0.25) is 0 Å². The van der Waals surface area contributed by atoms with Crippen LogP contribution < -0.4 is 0 Å². The van der Waals surface area contributed by atoms with Crippen molar-refractivity contribution in [3.8, 4) is 0 Å². The number of hydrogen-bond acceptors (Lipinski definition) is 0. The van der Waals surface area contributed by atoms with Gasteiger partial charge in [-0.25, -0.2) is 0 Å². The summed E-state index contributed by atoms with van der Waals surface area (Å²) in [5.41, 5.74) is 0. The van der Waals surface area contributed by atoms with Crippen molar-refractivity contribution in [2.45, 2.75) is 65.7 Å². The molecule has 1 aliphatic carbocycles. The summed E-state index contributed by atoms with van der Waals surface area (Å²) in [6.45, 7) is 7.09. The molecule has 0 spiro atoms. The molecule has 0 amide bonds. The molecule has 0 heteroatoms. The second-order valence-electron chi connectivity index (χ2n) is 5.49. The normalized spacial score (nSPS) is 29.5. The van der Waals surface area contributed by atoms with E-state index in [-0.39, 0.29) is 0 Å². The summed E-state index contributed by atoms with van der Waals surface area (Å²) >= 11 is 0. The summed E-state index contributed by atoms with van der Waals surface area (Å²) in [5, 5.41) is 0. The Morgan fingerprint density at radius 2 is 1.80 bits per heavy atom. The van der Waals surface area contributed by atoms with Gasteiger partial charge in [-0.15, -0.1) is 0 Å². The summed E-state index contributed by atoms with van der Waals surface area (Å²) in [5.74, 6) is 2.90. The highest BCUT2D eigenvalue weighted by atomic mass is 14.3. The van der Waals surface area contributed by atoms with Crippen molar-refractivity contribution in [3.63, 3.8) is 0 Å². The average Bonchev–Trinajstić information content (AvgIpc) is 2.25. The Labute approximate surface area is 96.2 Å². The van der Waals surface area contributed by atoms with Crippen molar-refractivity contribution in [2.24, 2.45) is 17.8 Å². The zero-order valence-electron chi connectivity index (χ0n) is 10.8. The Kier molecular flexibility index (Phi) is 6.05. The van der Waals surface area contributed by atoms with Crippen LogP contribution in [0.2, 0.25) is 0 Å². The van der Waals surface area contributed by atoms with Crippen molar-refractivity contribution in [3.05, 3.63) is 12.2 Å². The van der Waals surface area contributed by atoms with Crippen LogP contribution in [0.5, 0.6) is 0 Å². The zero-order valence-corrected chi connectivity index (χ0v) is 10.8. The lowest BCUT2D eigenvalue weighted by Gasteiger charge is -2.30. The van der Waals surface area contributed by atoms with E-state index in [0.717, 1.165) is 17.8 Å². The molecule has 1 atom stereocenters. The maximum Gasteiger partial charge on any atom is -0.0322 e. The summed E-state index contributed by atoms with van der Waals surface area (Å²) < 4.78 is 0. The molecular formula is C15H28. The van der Waals surface area contributed by atoms with E-state index in [4.69, 9.17) is 0 Å². The van der Waals surface area contributed by atoms with Gasteiger partial charge in [-0.05, 0) is 43.4 Å². The molecule has 0 aromatic carbocycles. The minimum absolute atomic E-state index is 0.908. The first-order chi connectivity index (χ1) is 7.24. The van der Waals surface area contributed by atoms with Gasteiger partial charge in [-0.2, -0.15) is 0 Å². The average molecular weight is 208 g/mol. The van der Waals surface area contributed by atoms with E-state index < -0.39 is 0 Å². The van der Waals surface area contributed by atoms with Gasteiger partial charge in [0.05, 0.1) is 0 Å². The summed E-state index contributed by atoms with van der Waals surface area (Å²) in [6, 6.07) is 0. The first-order valence-corrected chi connectivity index (χ1v) is 6.89. The Hall–Kier alpha value is -0.260. The Morgan fingerprint density at radius 3 is 2.40 bits per heavy atom. The lowest BCUT2D eigenvalue weighted by atomic mass is 9.76. The Bertz CT molecular complexity index is 172. The molecule has 0 nitrogen and oxygen atoms in total. The van der Waals surface area contributed by atoms with E-state index in [1.54, 1.807) is 0 Å². The second kappa shape index (κ2) is 7.09. The standard InChI is InChI=1S/C15H28/c1-4-5-6-7-8-14(3)15-11-9-13(2)10-12-15/h6-7,13-15H,4-5,8-12H2,1-3H3/b7-6-. The Balaban J connectivity index is 2.19. The highest BCUT2D eigenvalue weighted by Crippen LogP contribution is 2.34. The molecule has 0 bridgehead atoms. The molecule has 88 valence electrons. The van der Waals surface area contributed by atoms with Crippen molar-refractivity contribution in [1.29, 1.82) is 0 Å². The highest BCUT2D eigenvalue weighted by molar-refractivity contribution is 4.85. The molecule has 0 saturated heterocycles. The van der Waals surface area contributed by atoms with Crippen LogP contribution in [0.15, 0.2) is 12.2 Å². The third-order valence-electron chi connectivity index (χ3n) is 4.00. The van der Waals surface area contributed by atoms with Crippen LogP contribution in [-0.2, 0) is 0 Å². The molecular weight excluding hydrogens is 180 g/mol. The van der Waals surface area contributed by atoms with Gasteiger partial charge in [0, 0.05) is 0 Å². The lowest BCUT2D eigenvalue weighted by Crippen LogP contribution is -2.18. The molecule has 1 aliphatic rings. The summed E-state index contributed by atoms with van der Waals surface area (Å²) in [4.78, 5) is 0.